The van der Waals surface area contributed by atoms with Crippen LogP contribution in [0.4, 0.5) is 5.69 Å². The summed E-state index contributed by atoms with van der Waals surface area (Å²) >= 11 is 0. The van der Waals surface area contributed by atoms with Crippen molar-refractivity contribution in [2.45, 2.75) is 20.3 Å². The quantitative estimate of drug-likeness (QED) is 0.441. The van der Waals surface area contributed by atoms with Crippen molar-refractivity contribution in [2.75, 3.05) is 13.2 Å². The van der Waals surface area contributed by atoms with E-state index < -0.39 is 4.92 Å². The zero-order valence-electron chi connectivity index (χ0n) is 10.3. The average Bonchev–Trinajstić information content (AvgIpc) is 2.31. The van der Waals surface area contributed by atoms with Crippen molar-refractivity contribution >= 4 is 11.7 Å². The SMILES string of the molecule is CCOC(=O)CCOc1ccc([N+](=O)[O-])cc1C. The van der Waals surface area contributed by atoms with Gasteiger partial charge in [-0.05, 0) is 25.5 Å². The molecule has 18 heavy (non-hydrogen) atoms. The fourth-order valence-electron chi connectivity index (χ4n) is 1.39. The fraction of sp³-hybridized carbons (Fsp3) is 0.417. The lowest BCUT2D eigenvalue weighted by Crippen LogP contribution is -2.10. The van der Waals surface area contributed by atoms with Gasteiger partial charge >= 0.3 is 5.97 Å². The van der Waals surface area contributed by atoms with Crippen molar-refractivity contribution in [1.29, 1.82) is 0 Å². The summed E-state index contributed by atoms with van der Waals surface area (Å²) in [4.78, 5) is 21.2. The number of nitrogens with zero attached hydrogens (tertiary/aromatic N) is 1. The van der Waals surface area contributed by atoms with E-state index in [9.17, 15) is 14.9 Å². The molecule has 0 bridgehead atoms. The highest BCUT2D eigenvalue weighted by Gasteiger charge is 2.09. The molecule has 0 aromatic heterocycles. The summed E-state index contributed by atoms with van der Waals surface area (Å²) in [6.07, 6.45) is 0.157. The first-order chi connectivity index (χ1) is 8.54. The number of carbonyl (C=O) groups excluding carboxylic acids is 1. The van der Waals surface area contributed by atoms with Crippen LogP contribution in [0, 0.1) is 17.0 Å². The molecular formula is C12H15NO5. The Hall–Kier alpha value is -2.11. The summed E-state index contributed by atoms with van der Waals surface area (Å²) in [5.41, 5.74) is 0.679. The Morgan fingerprint density at radius 1 is 1.44 bits per heavy atom. The van der Waals surface area contributed by atoms with Crippen LogP contribution in [0.3, 0.4) is 0 Å². The summed E-state index contributed by atoms with van der Waals surface area (Å²) in [6, 6.07) is 4.32. The van der Waals surface area contributed by atoms with Gasteiger partial charge < -0.3 is 9.47 Å². The molecule has 0 atom stereocenters. The van der Waals surface area contributed by atoms with E-state index in [-0.39, 0.29) is 24.7 Å². The van der Waals surface area contributed by atoms with E-state index in [0.29, 0.717) is 17.9 Å². The van der Waals surface area contributed by atoms with E-state index in [4.69, 9.17) is 9.47 Å². The molecule has 98 valence electrons. The second-order valence-electron chi connectivity index (χ2n) is 3.61. The van der Waals surface area contributed by atoms with Gasteiger partial charge in [-0.2, -0.15) is 0 Å². The van der Waals surface area contributed by atoms with Crippen LogP contribution in [0.15, 0.2) is 18.2 Å². The van der Waals surface area contributed by atoms with Crippen LogP contribution in [0.2, 0.25) is 0 Å². The van der Waals surface area contributed by atoms with Crippen LogP contribution in [-0.4, -0.2) is 24.1 Å². The molecule has 0 saturated heterocycles. The van der Waals surface area contributed by atoms with Crippen molar-refractivity contribution in [2.24, 2.45) is 0 Å². The molecule has 0 heterocycles. The Morgan fingerprint density at radius 3 is 2.72 bits per heavy atom. The Labute approximate surface area is 105 Å². The van der Waals surface area contributed by atoms with Gasteiger partial charge in [-0.3, -0.25) is 14.9 Å². The Balaban J connectivity index is 2.53. The lowest BCUT2D eigenvalue weighted by Gasteiger charge is -2.08. The Bertz CT molecular complexity index is 444. The number of nitro groups is 1. The lowest BCUT2D eigenvalue weighted by atomic mass is 10.2. The Kier molecular flexibility index (Phi) is 5.10. The van der Waals surface area contributed by atoms with Crippen molar-refractivity contribution in [1.82, 2.24) is 0 Å². The number of non-ortho nitro benzene ring substituents is 1. The molecular weight excluding hydrogens is 238 g/mol. The molecule has 0 spiro atoms. The van der Waals surface area contributed by atoms with E-state index in [1.54, 1.807) is 13.8 Å². The highest BCUT2D eigenvalue weighted by atomic mass is 16.6. The second kappa shape index (κ2) is 6.58. The van der Waals surface area contributed by atoms with Gasteiger partial charge in [-0.1, -0.05) is 0 Å². The number of esters is 1. The zero-order valence-corrected chi connectivity index (χ0v) is 10.3. The molecule has 0 radical (unpaired) electrons. The molecule has 0 unspecified atom stereocenters. The normalized spacial score (nSPS) is 9.89. The van der Waals surface area contributed by atoms with Crippen LogP contribution < -0.4 is 4.74 Å². The van der Waals surface area contributed by atoms with E-state index >= 15 is 0 Å². The van der Waals surface area contributed by atoms with Gasteiger partial charge in [0.2, 0.25) is 0 Å². The summed E-state index contributed by atoms with van der Waals surface area (Å²) in [6.45, 7) is 3.98. The predicted octanol–water partition coefficient (Wildman–Crippen LogP) is 2.24. The molecule has 0 aliphatic rings. The van der Waals surface area contributed by atoms with E-state index in [0.717, 1.165) is 0 Å². The van der Waals surface area contributed by atoms with Gasteiger partial charge in [0.25, 0.3) is 5.69 Å². The standard InChI is InChI=1S/C12H15NO5/c1-3-17-12(14)6-7-18-11-5-4-10(13(15)16)8-9(11)2/h4-5,8H,3,6-7H2,1-2H3. The van der Waals surface area contributed by atoms with Crippen molar-refractivity contribution in [3.63, 3.8) is 0 Å². The number of ether oxygens (including phenoxy) is 2. The van der Waals surface area contributed by atoms with Gasteiger partial charge in [0.1, 0.15) is 5.75 Å². The first kappa shape index (κ1) is 14.0. The monoisotopic (exact) mass is 253 g/mol. The average molecular weight is 253 g/mol. The van der Waals surface area contributed by atoms with Crippen LogP contribution in [0.25, 0.3) is 0 Å². The molecule has 0 N–H and O–H groups in total. The first-order valence-corrected chi connectivity index (χ1v) is 5.58. The first-order valence-electron chi connectivity index (χ1n) is 5.58. The van der Waals surface area contributed by atoms with Crippen LogP contribution >= 0.6 is 0 Å². The van der Waals surface area contributed by atoms with E-state index in [2.05, 4.69) is 0 Å². The number of nitro benzene ring substituents is 1. The summed E-state index contributed by atoms with van der Waals surface area (Å²) in [5, 5.41) is 10.5. The van der Waals surface area contributed by atoms with Crippen molar-refractivity contribution < 1.29 is 19.2 Å². The number of hydrogen-bond acceptors (Lipinski definition) is 5. The molecule has 0 amide bonds. The van der Waals surface area contributed by atoms with Crippen molar-refractivity contribution in [3.8, 4) is 5.75 Å². The maximum Gasteiger partial charge on any atom is 0.309 e. The number of rotatable bonds is 6. The number of aryl methyl sites for hydroxylation is 1. The number of benzene rings is 1. The largest absolute Gasteiger partial charge is 0.493 e. The summed E-state index contributed by atoms with van der Waals surface area (Å²) in [5.74, 6) is 0.210. The van der Waals surface area contributed by atoms with Gasteiger partial charge in [-0.15, -0.1) is 0 Å². The minimum Gasteiger partial charge on any atom is -0.493 e. The lowest BCUT2D eigenvalue weighted by molar-refractivity contribution is -0.384. The molecule has 1 aromatic carbocycles. The highest BCUT2D eigenvalue weighted by Crippen LogP contribution is 2.23. The molecule has 0 saturated carbocycles. The zero-order chi connectivity index (χ0) is 13.5. The molecule has 1 rings (SSSR count). The van der Waals surface area contributed by atoms with Crippen LogP contribution in [0.1, 0.15) is 18.9 Å². The third kappa shape index (κ3) is 4.04. The minimum atomic E-state index is -0.463. The number of hydrogen-bond donors (Lipinski definition) is 0. The molecule has 0 aliphatic heterocycles. The van der Waals surface area contributed by atoms with Gasteiger partial charge in [0.15, 0.2) is 0 Å². The van der Waals surface area contributed by atoms with Crippen molar-refractivity contribution in [3.05, 3.63) is 33.9 Å². The van der Waals surface area contributed by atoms with Gasteiger partial charge in [0.05, 0.1) is 24.6 Å². The maximum absolute atomic E-state index is 11.1. The summed E-state index contributed by atoms with van der Waals surface area (Å²) < 4.78 is 10.1. The molecule has 6 heteroatoms. The maximum atomic E-state index is 11.1. The second-order valence-corrected chi connectivity index (χ2v) is 3.61. The van der Waals surface area contributed by atoms with E-state index in [1.807, 2.05) is 0 Å². The smallest absolute Gasteiger partial charge is 0.309 e. The third-order valence-electron chi connectivity index (χ3n) is 2.24. The van der Waals surface area contributed by atoms with Gasteiger partial charge in [0, 0.05) is 12.1 Å². The molecule has 1 aromatic rings. The summed E-state index contributed by atoms with van der Waals surface area (Å²) in [7, 11) is 0. The molecule has 0 aliphatic carbocycles. The van der Waals surface area contributed by atoms with E-state index in [1.165, 1.54) is 18.2 Å². The van der Waals surface area contributed by atoms with Crippen LogP contribution in [0.5, 0.6) is 5.75 Å². The predicted molar refractivity (Wildman–Crippen MR) is 64.6 cm³/mol. The number of carbonyl (C=O) groups is 1. The fourth-order valence-corrected chi connectivity index (χ4v) is 1.39. The minimum absolute atomic E-state index is 0.0187. The molecule has 0 fully saturated rings. The highest BCUT2D eigenvalue weighted by molar-refractivity contribution is 5.69. The Morgan fingerprint density at radius 2 is 2.17 bits per heavy atom. The van der Waals surface area contributed by atoms with Crippen LogP contribution in [-0.2, 0) is 9.53 Å². The topological polar surface area (TPSA) is 78.7 Å². The molecule has 6 nitrogen and oxygen atoms in total. The third-order valence-corrected chi connectivity index (χ3v) is 2.24. The van der Waals surface area contributed by atoms with Gasteiger partial charge in [-0.25, -0.2) is 0 Å².